The van der Waals surface area contributed by atoms with Crippen LogP contribution in [0.1, 0.15) is 26.7 Å². The van der Waals surface area contributed by atoms with E-state index in [1.165, 1.54) is 12.1 Å². The van der Waals surface area contributed by atoms with E-state index in [9.17, 15) is 14.0 Å². The van der Waals surface area contributed by atoms with Gasteiger partial charge in [0.05, 0.1) is 0 Å². The number of halogens is 1. The second-order valence-electron chi connectivity index (χ2n) is 5.87. The summed E-state index contributed by atoms with van der Waals surface area (Å²) in [6.07, 6.45) is 1.24. The van der Waals surface area contributed by atoms with Crippen molar-refractivity contribution in [3.63, 3.8) is 0 Å². The predicted molar refractivity (Wildman–Crippen MR) is 83.0 cm³/mol. The fourth-order valence-electron chi connectivity index (χ4n) is 2.49. The lowest BCUT2D eigenvalue weighted by atomic mass is 9.96. The number of anilines is 1. The van der Waals surface area contributed by atoms with E-state index in [0.29, 0.717) is 31.6 Å². The second-order valence-corrected chi connectivity index (χ2v) is 5.87. The fraction of sp³-hybridized carbons (Fsp3) is 0.500. The highest BCUT2D eigenvalue weighted by atomic mass is 19.1. The van der Waals surface area contributed by atoms with Gasteiger partial charge in [0.2, 0.25) is 5.91 Å². The third kappa shape index (κ3) is 4.44. The summed E-state index contributed by atoms with van der Waals surface area (Å²) in [5.41, 5.74) is 0.463. The van der Waals surface area contributed by atoms with Crippen LogP contribution in [0.2, 0.25) is 0 Å². The van der Waals surface area contributed by atoms with Gasteiger partial charge in [0, 0.05) is 30.7 Å². The minimum Gasteiger partial charge on any atom is -0.336 e. The van der Waals surface area contributed by atoms with Crippen molar-refractivity contribution in [1.82, 2.24) is 10.2 Å². The van der Waals surface area contributed by atoms with Gasteiger partial charge in [-0.1, -0.05) is 6.07 Å². The van der Waals surface area contributed by atoms with Crippen LogP contribution < -0.4 is 10.6 Å². The Bertz CT molecular complexity index is 540. The van der Waals surface area contributed by atoms with E-state index in [4.69, 9.17) is 0 Å². The van der Waals surface area contributed by atoms with Crippen LogP contribution in [0.25, 0.3) is 0 Å². The molecule has 1 aromatic carbocycles. The fourth-order valence-corrected chi connectivity index (χ4v) is 2.49. The minimum atomic E-state index is -0.377. The molecule has 1 aromatic rings. The molecular weight excluding hydrogens is 285 g/mol. The molecule has 1 saturated heterocycles. The van der Waals surface area contributed by atoms with Crippen molar-refractivity contribution in [2.45, 2.75) is 32.7 Å². The Morgan fingerprint density at radius 3 is 2.55 bits per heavy atom. The van der Waals surface area contributed by atoms with Crippen LogP contribution in [0, 0.1) is 11.7 Å². The monoisotopic (exact) mass is 307 g/mol. The van der Waals surface area contributed by atoms with E-state index in [2.05, 4.69) is 10.6 Å². The average Bonchev–Trinajstić information content (AvgIpc) is 2.46. The first-order valence-corrected chi connectivity index (χ1v) is 7.57. The maximum Gasteiger partial charge on any atom is 0.317 e. The zero-order chi connectivity index (χ0) is 16.1. The van der Waals surface area contributed by atoms with Crippen molar-refractivity contribution in [3.05, 3.63) is 30.1 Å². The molecule has 0 saturated carbocycles. The van der Waals surface area contributed by atoms with Gasteiger partial charge in [-0.2, -0.15) is 0 Å². The topological polar surface area (TPSA) is 61.4 Å². The van der Waals surface area contributed by atoms with Gasteiger partial charge in [-0.25, -0.2) is 9.18 Å². The number of carbonyl (C=O) groups is 2. The van der Waals surface area contributed by atoms with Crippen molar-refractivity contribution < 1.29 is 14.0 Å². The van der Waals surface area contributed by atoms with Crippen molar-refractivity contribution in [2.24, 2.45) is 5.92 Å². The Morgan fingerprint density at radius 2 is 1.95 bits per heavy atom. The van der Waals surface area contributed by atoms with Gasteiger partial charge in [-0.3, -0.25) is 4.79 Å². The Morgan fingerprint density at radius 1 is 1.27 bits per heavy atom. The molecule has 5 nitrogen and oxygen atoms in total. The first-order chi connectivity index (χ1) is 10.5. The van der Waals surface area contributed by atoms with Crippen molar-refractivity contribution >= 4 is 17.6 Å². The van der Waals surface area contributed by atoms with E-state index in [-0.39, 0.29) is 29.7 Å². The lowest BCUT2D eigenvalue weighted by Crippen LogP contribution is -2.47. The number of rotatable bonds is 3. The number of amides is 3. The molecule has 0 aromatic heterocycles. The largest absolute Gasteiger partial charge is 0.336 e. The molecular formula is C16H22FN3O2. The number of nitrogens with one attached hydrogen (secondary N) is 2. The number of hydrogen-bond donors (Lipinski definition) is 2. The molecule has 0 atom stereocenters. The van der Waals surface area contributed by atoms with Crippen molar-refractivity contribution in [2.75, 3.05) is 18.4 Å². The van der Waals surface area contributed by atoms with Crippen LogP contribution in [0.5, 0.6) is 0 Å². The molecule has 22 heavy (non-hydrogen) atoms. The van der Waals surface area contributed by atoms with E-state index in [1.54, 1.807) is 17.0 Å². The number of hydrogen-bond acceptors (Lipinski definition) is 2. The zero-order valence-corrected chi connectivity index (χ0v) is 12.9. The quantitative estimate of drug-likeness (QED) is 0.901. The summed E-state index contributed by atoms with van der Waals surface area (Å²) < 4.78 is 13.1. The summed E-state index contributed by atoms with van der Waals surface area (Å²) in [6, 6.07) is 5.86. The standard InChI is InChI=1S/C16H22FN3O2/c1-11(2)18-16(22)20-8-6-12(7-9-20)15(21)19-14-5-3-4-13(17)10-14/h3-5,10-12H,6-9H2,1-2H3,(H,18,22)(H,19,21). The number of nitrogens with zero attached hydrogens (tertiary/aromatic N) is 1. The molecule has 3 amide bonds. The second kappa shape index (κ2) is 7.24. The van der Waals surface area contributed by atoms with E-state index < -0.39 is 0 Å². The first kappa shape index (κ1) is 16.3. The predicted octanol–water partition coefficient (Wildman–Crippen LogP) is 2.59. The van der Waals surface area contributed by atoms with Gasteiger partial charge >= 0.3 is 6.03 Å². The van der Waals surface area contributed by atoms with Crippen LogP contribution in [0.4, 0.5) is 14.9 Å². The Labute approximate surface area is 129 Å². The Balaban J connectivity index is 1.83. The molecule has 6 heteroatoms. The highest BCUT2D eigenvalue weighted by molar-refractivity contribution is 5.92. The maximum absolute atomic E-state index is 13.1. The van der Waals surface area contributed by atoms with E-state index in [1.807, 2.05) is 13.8 Å². The number of benzene rings is 1. The van der Waals surface area contributed by atoms with Crippen LogP contribution in [0.15, 0.2) is 24.3 Å². The minimum absolute atomic E-state index is 0.0843. The number of piperidine rings is 1. The van der Waals surface area contributed by atoms with Crippen molar-refractivity contribution in [1.29, 1.82) is 0 Å². The smallest absolute Gasteiger partial charge is 0.317 e. The molecule has 0 bridgehead atoms. The van der Waals surface area contributed by atoms with Crippen LogP contribution >= 0.6 is 0 Å². The van der Waals surface area contributed by atoms with Crippen LogP contribution in [0.3, 0.4) is 0 Å². The van der Waals surface area contributed by atoms with Gasteiger partial charge < -0.3 is 15.5 Å². The zero-order valence-electron chi connectivity index (χ0n) is 12.9. The van der Waals surface area contributed by atoms with Crippen LogP contribution in [-0.2, 0) is 4.79 Å². The Kier molecular flexibility index (Phi) is 5.35. The summed E-state index contributed by atoms with van der Waals surface area (Å²) in [5, 5.41) is 5.58. The maximum atomic E-state index is 13.1. The highest BCUT2D eigenvalue weighted by Gasteiger charge is 2.27. The molecule has 0 unspecified atom stereocenters. The molecule has 120 valence electrons. The first-order valence-electron chi connectivity index (χ1n) is 7.57. The Hall–Kier alpha value is -2.11. The molecule has 0 radical (unpaired) electrons. The molecule has 2 rings (SSSR count). The SMILES string of the molecule is CC(C)NC(=O)N1CCC(C(=O)Nc2cccc(F)c2)CC1. The molecule has 1 aliphatic rings. The number of urea groups is 1. The third-order valence-corrected chi connectivity index (χ3v) is 3.66. The number of carbonyl (C=O) groups excluding carboxylic acids is 2. The lowest BCUT2D eigenvalue weighted by molar-refractivity contribution is -0.121. The summed E-state index contributed by atoms with van der Waals surface area (Å²) in [6.45, 7) is 4.94. The molecule has 1 heterocycles. The van der Waals surface area contributed by atoms with E-state index >= 15 is 0 Å². The normalized spacial score (nSPS) is 15.7. The van der Waals surface area contributed by atoms with Gasteiger partial charge in [0.1, 0.15) is 5.82 Å². The van der Waals surface area contributed by atoms with Crippen LogP contribution in [-0.4, -0.2) is 36.0 Å². The van der Waals surface area contributed by atoms with Crippen molar-refractivity contribution in [3.8, 4) is 0 Å². The van der Waals surface area contributed by atoms with Gasteiger partial charge in [0.25, 0.3) is 0 Å². The van der Waals surface area contributed by atoms with E-state index in [0.717, 1.165) is 0 Å². The molecule has 0 aliphatic carbocycles. The van der Waals surface area contributed by atoms with Gasteiger partial charge in [0.15, 0.2) is 0 Å². The average molecular weight is 307 g/mol. The molecule has 2 N–H and O–H groups in total. The lowest BCUT2D eigenvalue weighted by Gasteiger charge is -2.31. The van der Waals surface area contributed by atoms with Gasteiger partial charge in [-0.15, -0.1) is 0 Å². The highest BCUT2D eigenvalue weighted by Crippen LogP contribution is 2.20. The molecule has 1 fully saturated rings. The summed E-state index contributed by atoms with van der Waals surface area (Å²) >= 11 is 0. The third-order valence-electron chi connectivity index (χ3n) is 3.66. The van der Waals surface area contributed by atoms with Gasteiger partial charge in [-0.05, 0) is 44.9 Å². The summed E-state index contributed by atoms with van der Waals surface area (Å²) in [5.74, 6) is -0.640. The molecule has 0 spiro atoms. The molecule has 1 aliphatic heterocycles. The summed E-state index contributed by atoms with van der Waals surface area (Å²) in [4.78, 5) is 25.8. The number of likely N-dealkylation sites (tertiary alicyclic amines) is 1. The summed E-state index contributed by atoms with van der Waals surface area (Å²) in [7, 11) is 0.